The fourth-order valence-electron chi connectivity index (χ4n) is 5.26. The molecule has 2 fully saturated rings. The van der Waals surface area contributed by atoms with E-state index in [1.54, 1.807) is 17.3 Å². The zero-order chi connectivity index (χ0) is 23.3. The number of hydrogen-bond acceptors (Lipinski definition) is 6. The minimum Gasteiger partial charge on any atom is -0.368 e. The maximum absolute atomic E-state index is 13.6. The maximum atomic E-state index is 13.6. The number of likely N-dealkylation sites (N-methyl/N-ethyl adjacent to an activating group) is 1. The second kappa shape index (κ2) is 8.07. The van der Waals surface area contributed by atoms with E-state index in [0.29, 0.717) is 5.02 Å². The number of hydrogen-bond donors (Lipinski definition) is 1. The van der Waals surface area contributed by atoms with Gasteiger partial charge in [0.25, 0.3) is 0 Å². The Kier molecular flexibility index (Phi) is 5.00. The van der Waals surface area contributed by atoms with Crippen molar-refractivity contribution < 1.29 is 4.79 Å². The molecule has 1 N–H and O–H groups in total. The highest BCUT2D eigenvalue weighted by atomic mass is 35.5. The number of nitrogens with zero attached hydrogens (tertiary/aromatic N) is 6. The first kappa shape index (κ1) is 21.1. The van der Waals surface area contributed by atoms with Crippen molar-refractivity contribution >= 4 is 34.7 Å². The normalized spacial score (nSPS) is 25.8. The number of urea groups is 1. The fraction of sp³-hybridized carbons (Fsp3) is 0.280. The average molecular weight is 474 g/mol. The lowest BCUT2D eigenvalue weighted by Gasteiger charge is -2.41. The molecule has 0 saturated carbocycles. The number of aliphatic imine (C=N–C) groups is 1. The van der Waals surface area contributed by atoms with Crippen LogP contribution in [0.3, 0.4) is 0 Å². The topological polar surface area (TPSA) is 77.0 Å². The lowest BCUT2D eigenvalue weighted by Crippen LogP contribution is -2.53. The van der Waals surface area contributed by atoms with E-state index in [1.807, 2.05) is 48.4 Å². The van der Waals surface area contributed by atoms with Crippen LogP contribution in [0.25, 0.3) is 0 Å². The molecule has 1 aromatic carbocycles. The van der Waals surface area contributed by atoms with E-state index in [9.17, 15) is 4.79 Å². The zero-order valence-corrected chi connectivity index (χ0v) is 19.5. The van der Waals surface area contributed by atoms with Gasteiger partial charge < -0.3 is 15.1 Å². The number of dihydropyridines is 1. The van der Waals surface area contributed by atoms with Gasteiger partial charge in [-0.15, -0.1) is 0 Å². The number of anilines is 2. The van der Waals surface area contributed by atoms with E-state index < -0.39 is 5.54 Å². The number of halogens is 1. The molecule has 1 aromatic heterocycles. The molecule has 1 aliphatic carbocycles. The Bertz CT molecular complexity index is 1270. The zero-order valence-electron chi connectivity index (χ0n) is 18.7. The molecule has 0 bridgehead atoms. The SMILES string of the molecule is CN1C(=O)N(c2ccc(N3CCNCC3)c(Cl)c2)C23C=CC(c4cncnc4)=NC2=CC=CC13. The maximum Gasteiger partial charge on any atom is 0.326 e. The lowest BCUT2D eigenvalue weighted by atomic mass is 9.80. The van der Waals surface area contributed by atoms with Gasteiger partial charge in [0.1, 0.15) is 11.9 Å². The van der Waals surface area contributed by atoms with Gasteiger partial charge in [0, 0.05) is 56.9 Å². The number of rotatable bonds is 3. The van der Waals surface area contributed by atoms with Gasteiger partial charge in [-0.1, -0.05) is 23.8 Å². The van der Waals surface area contributed by atoms with Gasteiger partial charge in [-0.2, -0.15) is 0 Å². The number of carbonyl (C=O) groups is 1. The number of amides is 2. The number of allylic oxidation sites excluding steroid dienone is 3. The fourth-order valence-corrected chi connectivity index (χ4v) is 5.56. The molecule has 9 heteroatoms. The Labute approximate surface area is 202 Å². The van der Waals surface area contributed by atoms with Crippen molar-refractivity contribution in [2.75, 3.05) is 43.0 Å². The third-order valence-corrected chi connectivity index (χ3v) is 7.23. The number of carbonyl (C=O) groups excluding carboxylic acids is 1. The predicted molar refractivity (Wildman–Crippen MR) is 134 cm³/mol. The second-order valence-corrected chi connectivity index (χ2v) is 9.17. The highest BCUT2D eigenvalue weighted by Crippen LogP contribution is 2.47. The van der Waals surface area contributed by atoms with E-state index in [0.717, 1.165) is 54.5 Å². The highest BCUT2D eigenvalue weighted by Gasteiger charge is 2.58. The lowest BCUT2D eigenvalue weighted by molar-refractivity contribution is 0.223. The summed E-state index contributed by atoms with van der Waals surface area (Å²) in [5, 5.41) is 4.00. The molecule has 6 rings (SSSR count). The molecule has 2 atom stereocenters. The molecule has 4 aliphatic rings. The van der Waals surface area contributed by atoms with Gasteiger partial charge in [0.2, 0.25) is 0 Å². The summed E-state index contributed by atoms with van der Waals surface area (Å²) in [4.78, 5) is 32.6. The van der Waals surface area contributed by atoms with E-state index in [4.69, 9.17) is 16.6 Å². The number of aromatic nitrogens is 2. The minimum absolute atomic E-state index is 0.0974. The van der Waals surface area contributed by atoms with Crippen molar-refractivity contribution in [2.45, 2.75) is 11.6 Å². The van der Waals surface area contributed by atoms with Gasteiger partial charge in [0.05, 0.1) is 28.2 Å². The summed E-state index contributed by atoms with van der Waals surface area (Å²) in [6.07, 6.45) is 15.0. The summed E-state index contributed by atoms with van der Waals surface area (Å²) < 4.78 is 0. The Morgan fingerprint density at radius 3 is 2.74 bits per heavy atom. The van der Waals surface area contributed by atoms with Crippen molar-refractivity contribution in [1.29, 1.82) is 0 Å². The van der Waals surface area contributed by atoms with E-state index in [-0.39, 0.29) is 12.1 Å². The average Bonchev–Trinajstić information content (AvgIpc) is 3.10. The van der Waals surface area contributed by atoms with Crippen LogP contribution in [-0.2, 0) is 0 Å². The molecule has 2 saturated heterocycles. The molecule has 0 radical (unpaired) electrons. The molecule has 8 nitrogen and oxygen atoms in total. The van der Waals surface area contributed by atoms with Crippen LogP contribution in [0.1, 0.15) is 5.56 Å². The van der Waals surface area contributed by atoms with Crippen LogP contribution >= 0.6 is 11.6 Å². The smallest absolute Gasteiger partial charge is 0.326 e. The number of piperazine rings is 1. The van der Waals surface area contributed by atoms with Gasteiger partial charge >= 0.3 is 6.03 Å². The molecule has 34 heavy (non-hydrogen) atoms. The molecule has 4 heterocycles. The first-order valence-corrected chi connectivity index (χ1v) is 11.7. The van der Waals surface area contributed by atoms with Crippen molar-refractivity contribution in [3.63, 3.8) is 0 Å². The van der Waals surface area contributed by atoms with Crippen LogP contribution in [0.15, 0.2) is 78.0 Å². The first-order valence-electron chi connectivity index (χ1n) is 11.3. The van der Waals surface area contributed by atoms with Crippen molar-refractivity contribution in [3.05, 3.63) is 83.6 Å². The van der Waals surface area contributed by atoms with Crippen LogP contribution in [0, 0.1) is 0 Å². The van der Waals surface area contributed by atoms with Gasteiger partial charge in [0.15, 0.2) is 0 Å². The second-order valence-electron chi connectivity index (χ2n) is 8.77. The molecule has 1 spiro atoms. The van der Waals surface area contributed by atoms with Crippen LogP contribution in [0.5, 0.6) is 0 Å². The van der Waals surface area contributed by atoms with Crippen molar-refractivity contribution in [2.24, 2.45) is 4.99 Å². The predicted octanol–water partition coefficient (Wildman–Crippen LogP) is 3.03. The molecule has 3 aliphatic heterocycles. The number of nitrogens with one attached hydrogen (secondary N) is 1. The summed E-state index contributed by atoms with van der Waals surface area (Å²) in [5.41, 5.74) is 3.36. The molecule has 2 aromatic rings. The monoisotopic (exact) mass is 473 g/mol. The summed E-state index contributed by atoms with van der Waals surface area (Å²) >= 11 is 6.77. The van der Waals surface area contributed by atoms with Gasteiger partial charge in [-0.3, -0.25) is 4.90 Å². The van der Waals surface area contributed by atoms with Crippen LogP contribution in [0.2, 0.25) is 5.02 Å². The summed E-state index contributed by atoms with van der Waals surface area (Å²) in [7, 11) is 1.83. The molecule has 2 amide bonds. The Hall–Kier alpha value is -3.49. The molecular weight excluding hydrogens is 450 g/mol. The van der Waals surface area contributed by atoms with Crippen LogP contribution < -0.4 is 15.1 Å². The first-order chi connectivity index (χ1) is 16.6. The van der Waals surface area contributed by atoms with Crippen molar-refractivity contribution in [1.82, 2.24) is 20.2 Å². The van der Waals surface area contributed by atoms with E-state index in [2.05, 4.69) is 32.3 Å². The number of benzene rings is 1. The third-order valence-electron chi connectivity index (χ3n) is 6.93. The third kappa shape index (κ3) is 3.09. The Morgan fingerprint density at radius 1 is 1.18 bits per heavy atom. The standard InChI is InChI=1S/C25H24ClN7O/c1-31-23-4-2-3-22-25(23,8-7-20(30-22)17-14-28-16-29-15-17)33(24(31)34)18-5-6-21(19(26)13-18)32-11-9-27-10-12-32/h2-8,13-16,23,27H,9-12H2,1H3. The highest BCUT2D eigenvalue weighted by molar-refractivity contribution is 6.33. The largest absolute Gasteiger partial charge is 0.368 e. The minimum atomic E-state index is -0.764. The van der Waals surface area contributed by atoms with Gasteiger partial charge in [-0.05, 0) is 36.4 Å². The summed E-state index contributed by atoms with van der Waals surface area (Å²) in [5.74, 6) is 0. The van der Waals surface area contributed by atoms with E-state index in [1.165, 1.54) is 6.33 Å². The summed E-state index contributed by atoms with van der Waals surface area (Å²) in [6, 6.07) is 5.61. The molecule has 2 unspecified atom stereocenters. The Morgan fingerprint density at radius 2 is 1.97 bits per heavy atom. The summed E-state index contributed by atoms with van der Waals surface area (Å²) in [6.45, 7) is 3.65. The Balaban J connectivity index is 1.42. The molecule has 172 valence electrons. The van der Waals surface area contributed by atoms with E-state index >= 15 is 0 Å². The van der Waals surface area contributed by atoms with Crippen molar-refractivity contribution in [3.8, 4) is 0 Å². The molecular formula is C25H24ClN7O. The van der Waals surface area contributed by atoms with Crippen LogP contribution in [0.4, 0.5) is 16.2 Å². The van der Waals surface area contributed by atoms with Gasteiger partial charge in [-0.25, -0.2) is 19.8 Å². The van der Waals surface area contributed by atoms with Crippen LogP contribution in [-0.4, -0.2) is 71.4 Å². The quantitative estimate of drug-likeness (QED) is 0.741.